The van der Waals surface area contributed by atoms with E-state index < -0.39 is 10.0 Å². The summed E-state index contributed by atoms with van der Waals surface area (Å²) >= 11 is 1.49. The van der Waals surface area contributed by atoms with Crippen molar-refractivity contribution < 1.29 is 27.4 Å². The summed E-state index contributed by atoms with van der Waals surface area (Å²) in [5, 5.41) is 2.02. The zero-order valence-corrected chi connectivity index (χ0v) is 21.6. The molecule has 0 atom stereocenters. The number of rotatable bonds is 9. The van der Waals surface area contributed by atoms with Crippen LogP contribution in [-0.2, 0) is 26.0 Å². The largest absolute Gasteiger partial charge is 0.497 e. The van der Waals surface area contributed by atoms with E-state index in [0.29, 0.717) is 45.1 Å². The first-order valence-corrected chi connectivity index (χ1v) is 13.4. The Labute approximate surface area is 209 Å². The van der Waals surface area contributed by atoms with E-state index in [1.165, 1.54) is 15.6 Å². The van der Waals surface area contributed by atoms with E-state index in [4.69, 9.17) is 23.9 Å². The molecule has 0 spiro atoms. The molecule has 0 radical (unpaired) electrons. The number of nitrogens with zero attached hydrogens (tertiary/aromatic N) is 3. The van der Waals surface area contributed by atoms with Crippen LogP contribution in [0.5, 0.6) is 11.5 Å². The summed E-state index contributed by atoms with van der Waals surface area (Å²) in [6.07, 6.45) is 0. The van der Waals surface area contributed by atoms with Gasteiger partial charge in [-0.3, -0.25) is 0 Å². The second kappa shape index (κ2) is 11.4. The number of thiazole rings is 1. The number of sulfonamides is 1. The van der Waals surface area contributed by atoms with Gasteiger partial charge in [-0.2, -0.15) is 4.31 Å². The third kappa shape index (κ3) is 5.60. The highest BCUT2D eigenvalue weighted by Gasteiger charge is 2.26. The van der Waals surface area contributed by atoms with Gasteiger partial charge in [0.1, 0.15) is 11.5 Å². The lowest BCUT2D eigenvalue weighted by atomic mass is 10.1. The second-order valence-corrected chi connectivity index (χ2v) is 10.5. The smallest absolute Gasteiger partial charge is 0.243 e. The average Bonchev–Trinajstić information content (AvgIpc) is 3.29. The summed E-state index contributed by atoms with van der Waals surface area (Å²) in [6.45, 7) is 2.62. The van der Waals surface area contributed by atoms with Gasteiger partial charge in [-0.15, -0.1) is 11.3 Å². The highest BCUT2D eigenvalue weighted by molar-refractivity contribution is 7.89. The fourth-order valence-electron chi connectivity index (χ4n) is 3.79. The zero-order valence-electron chi connectivity index (χ0n) is 20.0. The van der Waals surface area contributed by atoms with Crippen LogP contribution in [0.4, 0.5) is 5.69 Å². The van der Waals surface area contributed by atoms with E-state index in [1.54, 1.807) is 45.6 Å². The van der Waals surface area contributed by atoms with Crippen molar-refractivity contribution in [1.82, 2.24) is 8.87 Å². The van der Waals surface area contributed by atoms with Gasteiger partial charge in [0.2, 0.25) is 10.0 Å². The van der Waals surface area contributed by atoms with Crippen molar-refractivity contribution in [2.75, 3.05) is 54.2 Å². The first kappa shape index (κ1) is 25.4. The summed E-state index contributed by atoms with van der Waals surface area (Å²) in [4.78, 5) is 5.80. The number of hydrogen-bond acceptors (Lipinski definition) is 8. The fourth-order valence-corrected chi connectivity index (χ4v) is 6.14. The standard InChI is InChI=1S/C24H29N3O6S2/c1-30-13-12-27-22(21-16-19(31-2)6-9-23(21)32-3)17-34-24(27)25-18-4-7-20(8-5-18)35(28,29)26-10-14-33-15-11-26/h4-9,16-17H,10-15H2,1-3H3. The molecular weight excluding hydrogens is 490 g/mol. The molecule has 1 fully saturated rings. The molecule has 188 valence electrons. The molecule has 0 unspecified atom stereocenters. The van der Waals surface area contributed by atoms with Crippen LogP contribution in [0.1, 0.15) is 0 Å². The molecule has 0 amide bonds. The molecule has 1 aliphatic heterocycles. The quantitative estimate of drug-likeness (QED) is 0.431. The molecule has 11 heteroatoms. The van der Waals surface area contributed by atoms with Crippen molar-refractivity contribution in [2.24, 2.45) is 4.99 Å². The molecule has 9 nitrogen and oxygen atoms in total. The number of hydrogen-bond donors (Lipinski definition) is 0. The molecule has 1 aliphatic rings. The van der Waals surface area contributed by atoms with E-state index >= 15 is 0 Å². The van der Waals surface area contributed by atoms with Crippen LogP contribution in [-0.4, -0.2) is 71.5 Å². The third-order valence-electron chi connectivity index (χ3n) is 5.67. The summed E-state index contributed by atoms with van der Waals surface area (Å²) in [5.74, 6) is 1.44. The highest BCUT2D eigenvalue weighted by atomic mass is 32.2. The molecule has 0 saturated carbocycles. The van der Waals surface area contributed by atoms with Crippen molar-refractivity contribution in [2.45, 2.75) is 11.4 Å². The Kier molecular flexibility index (Phi) is 8.24. The lowest BCUT2D eigenvalue weighted by Crippen LogP contribution is -2.40. The van der Waals surface area contributed by atoms with Gasteiger partial charge in [-0.05, 0) is 42.5 Å². The van der Waals surface area contributed by atoms with Crippen molar-refractivity contribution in [3.63, 3.8) is 0 Å². The first-order valence-electron chi connectivity index (χ1n) is 11.1. The van der Waals surface area contributed by atoms with E-state index in [9.17, 15) is 8.42 Å². The Hall–Kier alpha value is -2.70. The van der Waals surface area contributed by atoms with Crippen molar-refractivity contribution >= 4 is 27.0 Å². The van der Waals surface area contributed by atoms with E-state index in [1.807, 2.05) is 23.6 Å². The number of methoxy groups -OCH3 is 3. The average molecular weight is 520 g/mol. The van der Waals surface area contributed by atoms with Gasteiger partial charge in [-0.25, -0.2) is 13.4 Å². The predicted octanol–water partition coefficient (Wildman–Crippen LogP) is 3.13. The van der Waals surface area contributed by atoms with Crippen LogP contribution < -0.4 is 14.3 Å². The minimum Gasteiger partial charge on any atom is -0.497 e. The minimum atomic E-state index is -3.55. The lowest BCUT2D eigenvalue weighted by molar-refractivity contribution is 0.0730. The van der Waals surface area contributed by atoms with Gasteiger partial charge in [0, 0.05) is 37.7 Å². The van der Waals surface area contributed by atoms with Crippen LogP contribution in [0.15, 0.2) is 57.7 Å². The van der Waals surface area contributed by atoms with Gasteiger partial charge in [0.15, 0.2) is 4.80 Å². The number of benzene rings is 2. The summed E-state index contributed by atoms with van der Waals surface area (Å²) in [5.41, 5.74) is 2.46. The van der Waals surface area contributed by atoms with Crippen LogP contribution in [0.2, 0.25) is 0 Å². The Morgan fingerprint density at radius 2 is 1.77 bits per heavy atom. The molecule has 2 aromatic carbocycles. The second-order valence-electron chi connectivity index (χ2n) is 7.74. The summed E-state index contributed by atoms with van der Waals surface area (Å²) < 4.78 is 50.9. The Bertz CT molecular complexity index is 1310. The molecule has 3 aromatic rings. The van der Waals surface area contributed by atoms with Crippen LogP contribution >= 0.6 is 11.3 Å². The predicted molar refractivity (Wildman–Crippen MR) is 134 cm³/mol. The monoisotopic (exact) mass is 519 g/mol. The summed E-state index contributed by atoms with van der Waals surface area (Å²) in [6, 6.07) is 12.3. The first-order chi connectivity index (χ1) is 17.0. The maximum Gasteiger partial charge on any atom is 0.243 e. The number of aromatic nitrogens is 1. The Balaban J connectivity index is 1.70. The Morgan fingerprint density at radius 1 is 1.03 bits per heavy atom. The number of morpholine rings is 1. The molecule has 0 bridgehead atoms. The normalized spacial score (nSPS) is 15.3. The van der Waals surface area contributed by atoms with E-state index in [0.717, 1.165) is 27.6 Å². The fraction of sp³-hybridized carbons (Fsp3) is 0.375. The molecule has 0 N–H and O–H groups in total. The summed E-state index contributed by atoms with van der Waals surface area (Å²) in [7, 11) is 1.37. The lowest BCUT2D eigenvalue weighted by Gasteiger charge is -2.26. The molecule has 2 heterocycles. The molecule has 0 aliphatic carbocycles. The van der Waals surface area contributed by atoms with Crippen molar-refractivity contribution in [3.8, 4) is 22.8 Å². The van der Waals surface area contributed by atoms with Crippen molar-refractivity contribution in [1.29, 1.82) is 0 Å². The minimum absolute atomic E-state index is 0.249. The number of ether oxygens (including phenoxy) is 4. The van der Waals surface area contributed by atoms with Crippen LogP contribution in [0.3, 0.4) is 0 Å². The maximum atomic E-state index is 12.9. The molecule has 4 rings (SSSR count). The molecule has 1 saturated heterocycles. The van der Waals surface area contributed by atoms with Gasteiger partial charge in [0.25, 0.3) is 0 Å². The molecular formula is C24H29N3O6S2. The van der Waals surface area contributed by atoms with E-state index in [-0.39, 0.29) is 4.90 Å². The van der Waals surface area contributed by atoms with E-state index in [2.05, 4.69) is 4.57 Å². The topological polar surface area (TPSA) is 91.6 Å². The molecule has 35 heavy (non-hydrogen) atoms. The zero-order chi connectivity index (χ0) is 24.8. The maximum absolute atomic E-state index is 12.9. The molecule has 1 aromatic heterocycles. The van der Waals surface area contributed by atoms with Crippen molar-refractivity contribution in [3.05, 3.63) is 52.6 Å². The Morgan fingerprint density at radius 3 is 2.43 bits per heavy atom. The van der Waals surface area contributed by atoms with Gasteiger partial charge in [0.05, 0.1) is 50.3 Å². The van der Waals surface area contributed by atoms with Crippen LogP contribution in [0, 0.1) is 0 Å². The SMILES string of the molecule is COCCn1c(-c2cc(OC)ccc2OC)csc1=Nc1ccc(S(=O)(=O)N2CCOCC2)cc1. The van der Waals surface area contributed by atoms with Gasteiger partial charge in [-0.1, -0.05) is 0 Å². The third-order valence-corrected chi connectivity index (χ3v) is 8.45. The van der Waals surface area contributed by atoms with Crippen LogP contribution in [0.25, 0.3) is 11.3 Å². The van der Waals surface area contributed by atoms with Gasteiger partial charge < -0.3 is 23.5 Å². The van der Waals surface area contributed by atoms with Gasteiger partial charge >= 0.3 is 0 Å². The highest BCUT2D eigenvalue weighted by Crippen LogP contribution is 2.34.